The van der Waals surface area contributed by atoms with Gasteiger partial charge in [-0.05, 0) is 12.1 Å². The molecular weight excluding hydrogens is 348 g/mol. The minimum atomic E-state index is -2.37. The highest BCUT2D eigenvalue weighted by Gasteiger charge is 2.47. The van der Waals surface area contributed by atoms with Gasteiger partial charge in [-0.15, -0.1) is 0 Å². The standard InChI is InChI=1S/C11H7BrCl2FNO2/c12-5-3-6(13)9(7(14)4-5)11(15)2-1-8(17)16-10(11)18/h3-4H,1-2H2,(H,16,17,18). The SMILES string of the molecule is O=C1CCC(F)(c2c(Cl)cc(Br)cc2Cl)C(=O)N1. The molecule has 1 fully saturated rings. The molecule has 7 heteroatoms. The number of halogens is 4. The molecule has 1 unspecified atom stereocenters. The minimum Gasteiger partial charge on any atom is -0.293 e. The Hall–Kier alpha value is -0.650. The van der Waals surface area contributed by atoms with Crippen molar-refractivity contribution in [3.05, 3.63) is 32.2 Å². The van der Waals surface area contributed by atoms with E-state index in [-0.39, 0.29) is 28.5 Å². The predicted molar refractivity (Wildman–Crippen MR) is 69.3 cm³/mol. The smallest absolute Gasteiger partial charge is 0.269 e. The molecule has 2 amide bonds. The zero-order valence-corrected chi connectivity index (χ0v) is 12.0. The fraction of sp³-hybridized carbons (Fsp3) is 0.273. The molecule has 3 nitrogen and oxygen atoms in total. The third-order valence-corrected chi connectivity index (χ3v) is 3.77. The van der Waals surface area contributed by atoms with Crippen LogP contribution in [0.4, 0.5) is 4.39 Å². The van der Waals surface area contributed by atoms with Gasteiger partial charge in [0.25, 0.3) is 5.91 Å². The summed E-state index contributed by atoms with van der Waals surface area (Å²) in [6, 6.07) is 2.90. The van der Waals surface area contributed by atoms with Crippen molar-refractivity contribution < 1.29 is 14.0 Å². The van der Waals surface area contributed by atoms with Crippen LogP contribution < -0.4 is 5.32 Å². The molecular formula is C11H7BrCl2FNO2. The fourth-order valence-electron chi connectivity index (χ4n) is 1.85. The van der Waals surface area contributed by atoms with Crippen LogP contribution in [0.3, 0.4) is 0 Å². The lowest BCUT2D eigenvalue weighted by Crippen LogP contribution is -2.49. The molecule has 1 aromatic rings. The van der Waals surface area contributed by atoms with E-state index in [1.54, 1.807) is 0 Å². The Morgan fingerprint density at radius 1 is 1.28 bits per heavy atom. The summed E-state index contributed by atoms with van der Waals surface area (Å²) in [6.45, 7) is 0. The molecule has 1 aromatic carbocycles. The van der Waals surface area contributed by atoms with Crippen molar-refractivity contribution >= 4 is 50.9 Å². The molecule has 0 spiro atoms. The van der Waals surface area contributed by atoms with E-state index >= 15 is 0 Å². The number of hydrogen-bond donors (Lipinski definition) is 1. The van der Waals surface area contributed by atoms with E-state index in [1.165, 1.54) is 12.1 Å². The third kappa shape index (κ3) is 2.27. The lowest BCUT2D eigenvalue weighted by molar-refractivity contribution is -0.144. The van der Waals surface area contributed by atoms with E-state index in [0.29, 0.717) is 4.47 Å². The van der Waals surface area contributed by atoms with Crippen molar-refractivity contribution in [2.45, 2.75) is 18.5 Å². The minimum absolute atomic E-state index is 0.0429. The van der Waals surface area contributed by atoms with Gasteiger partial charge in [0.05, 0.1) is 10.0 Å². The summed E-state index contributed by atoms with van der Waals surface area (Å²) in [5.74, 6) is -1.53. The second-order valence-corrected chi connectivity index (χ2v) is 5.65. The predicted octanol–water partition coefficient (Wildman–Crippen LogP) is 3.36. The van der Waals surface area contributed by atoms with Crippen molar-refractivity contribution in [3.8, 4) is 0 Å². The molecule has 96 valence electrons. The van der Waals surface area contributed by atoms with Gasteiger partial charge in [0.2, 0.25) is 11.6 Å². The van der Waals surface area contributed by atoms with E-state index in [0.717, 1.165) is 0 Å². The molecule has 2 rings (SSSR count). The number of nitrogens with one attached hydrogen (secondary N) is 1. The molecule has 1 atom stereocenters. The number of hydrogen-bond acceptors (Lipinski definition) is 2. The van der Waals surface area contributed by atoms with Crippen LogP contribution in [0.2, 0.25) is 10.0 Å². The summed E-state index contributed by atoms with van der Waals surface area (Å²) < 4.78 is 15.4. The van der Waals surface area contributed by atoms with Gasteiger partial charge >= 0.3 is 0 Å². The zero-order valence-electron chi connectivity index (χ0n) is 8.90. The van der Waals surface area contributed by atoms with Crippen LogP contribution in [0.15, 0.2) is 16.6 Å². The lowest BCUT2D eigenvalue weighted by atomic mass is 9.87. The molecule has 1 N–H and O–H groups in total. The highest BCUT2D eigenvalue weighted by atomic mass is 79.9. The number of carbonyl (C=O) groups is 2. The van der Waals surface area contributed by atoms with Crippen LogP contribution >= 0.6 is 39.1 Å². The first kappa shape index (κ1) is 13.8. The van der Waals surface area contributed by atoms with Crippen molar-refractivity contribution in [2.75, 3.05) is 0 Å². The first-order valence-corrected chi connectivity index (χ1v) is 6.57. The average Bonchev–Trinajstić information content (AvgIpc) is 2.23. The highest BCUT2D eigenvalue weighted by molar-refractivity contribution is 9.10. The van der Waals surface area contributed by atoms with Gasteiger partial charge in [-0.25, -0.2) is 4.39 Å². The topological polar surface area (TPSA) is 46.2 Å². The molecule has 0 radical (unpaired) electrons. The van der Waals surface area contributed by atoms with Gasteiger partial charge in [-0.3, -0.25) is 14.9 Å². The number of carbonyl (C=O) groups excluding carboxylic acids is 2. The van der Waals surface area contributed by atoms with Crippen LogP contribution in [0.1, 0.15) is 18.4 Å². The number of amides is 2. The summed E-state index contributed by atoms with van der Waals surface area (Å²) >= 11 is 15.0. The zero-order chi connectivity index (χ0) is 13.5. The number of alkyl halides is 1. The van der Waals surface area contributed by atoms with Crippen molar-refractivity contribution in [1.29, 1.82) is 0 Å². The van der Waals surface area contributed by atoms with Crippen LogP contribution in [-0.2, 0) is 15.3 Å². The maximum Gasteiger partial charge on any atom is 0.269 e. The number of piperidine rings is 1. The van der Waals surface area contributed by atoms with Crippen molar-refractivity contribution in [1.82, 2.24) is 5.32 Å². The van der Waals surface area contributed by atoms with E-state index in [2.05, 4.69) is 15.9 Å². The van der Waals surface area contributed by atoms with Gasteiger partial charge in [-0.1, -0.05) is 39.1 Å². The largest absolute Gasteiger partial charge is 0.293 e. The second kappa shape index (κ2) is 4.79. The number of imide groups is 1. The van der Waals surface area contributed by atoms with Crippen molar-refractivity contribution in [3.63, 3.8) is 0 Å². The van der Waals surface area contributed by atoms with Crippen molar-refractivity contribution in [2.24, 2.45) is 0 Å². The second-order valence-electron chi connectivity index (χ2n) is 3.92. The average molecular weight is 355 g/mol. The van der Waals surface area contributed by atoms with E-state index < -0.39 is 17.5 Å². The summed E-state index contributed by atoms with van der Waals surface area (Å²) in [5, 5.41) is 2.04. The Balaban J connectivity index is 2.54. The Kier molecular flexibility index (Phi) is 3.67. The third-order valence-electron chi connectivity index (χ3n) is 2.71. The normalized spacial score (nSPS) is 24.0. The maximum absolute atomic E-state index is 14.8. The molecule has 0 aromatic heterocycles. The van der Waals surface area contributed by atoms with Gasteiger partial charge < -0.3 is 0 Å². The van der Waals surface area contributed by atoms with E-state index in [4.69, 9.17) is 23.2 Å². The van der Waals surface area contributed by atoms with E-state index in [9.17, 15) is 14.0 Å². The molecule has 18 heavy (non-hydrogen) atoms. The van der Waals surface area contributed by atoms with Gasteiger partial charge in [0.1, 0.15) is 0 Å². The summed E-state index contributed by atoms with van der Waals surface area (Å²) in [6.07, 6.45) is -0.357. The quantitative estimate of drug-likeness (QED) is 0.786. The number of benzene rings is 1. The summed E-state index contributed by atoms with van der Waals surface area (Å²) in [4.78, 5) is 22.7. The van der Waals surface area contributed by atoms with Crippen LogP contribution in [0, 0.1) is 0 Å². The van der Waals surface area contributed by atoms with Crippen LogP contribution in [0.25, 0.3) is 0 Å². The van der Waals surface area contributed by atoms with Gasteiger partial charge in [0.15, 0.2) is 0 Å². The summed E-state index contributed by atoms with van der Waals surface area (Å²) in [5.41, 5.74) is -2.47. The molecule has 1 saturated heterocycles. The first-order chi connectivity index (χ1) is 8.34. The Morgan fingerprint density at radius 2 is 1.83 bits per heavy atom. The molecule has 1 heterocycles. The molecule has 0 saturated carbocycles. The monoisotopic (exact) mass is 353 g/mol. The summed E-state index contributed by atoms with van der Waals surface area (Å²) in [7, 11) is 0. The molecule has 0 bridgehead atoms. The van der Waals surface area contributed by atoms with E-state index in [1.807, 2.05) is 5.32 Å². The molecule has 1 aliphatic rings. The highest BCUT2D eigenvalue weighted by Crippen LogP contribution is 2.43. The molecule has 1 aliphatic heterocycles. The Morgan fingerprint density at radius 3 is 2.33 bits per heavy atom. The maximum atomic E-state index is 14.8. The van der Waals surface area contributed by atoms with Gasteiger partial charge in [0, 0.05) is 22.9 Å². The fourth-order valence-corrected chi connectivity index (χ4v) is 3.35. The lowest BCUT2D eigenvalue weighted by Gasteiger charge is -2.29. The number of rotatable bonds is 1. The van der Waals surface area contributed by atoms with Crippen LogP contribution in [-0.4, -0.2) is 11.8 Å². The van der Waals surface area contributed by atoms with Crippen LogP contribution in [0.5, 0.6) is 0 Å². The van der Waals surface area contributed by atoms with Gasteiger partial charge in [-0.2, -0.15) is 0 Å². The Bertz CT molecular complexity index is 529. The first-order valence-electron chi connectivity index (χ1n) is 5.03. The molecule has 0 aliphatic carbocycles. The Labute approximate surface area is 121 Å².